The van der Waals surface area contributed by atoms with Gasteiger partial charge in [-0.15, -0.1) is 0 Å². The van der Waals surface area contributed by atoms with E-state index in [2.05, 4.69) is 4.90 Å². The molecule has 0 bridgehead atoms. The number of rotatable bonds is 6. The van der Waals surface area contributed by atoms with E-state index < -0.39 is 0 Å². The number of benzene rings is 1. The van der Waals surface area contributed by atoms with Crippen LogP contribution in [-0.2, 0) is 9.53 Å². The zero-order chi connectivity index (χ0) is 19.4. The molecule has 0 aliphatic carbocycles. The Balaban J connectivity index is 1.44. The summed E-state index contributed by atoms with van der Waals surface area (Å²) in [4.78, 5) is 28.5. The molecule has 0 aromatic heterocycles. The molecule has 1 unspecified atom stereocenters. The van der Waals surface area contributed by atoms with Crippen LogP contribution in [0.15, 0.2) is 24.3 Å². The molecular weight excluding hydrogens is 347 g/mol. The second-order valence-electron chi connectivity index (χ2n) is 7.77. The molecule has 1 amide bonds. The number of morpholine rings is 1. The van der Waals surface area contributed by atoms with Gasteiger partial charge < -0.3 is 14.5 Å². The van der Waals surface area contributed by atoms with Crippen molar-refractivity contribution < 1.29 is 18.7 Å². The summed E-state index contributed by atoms with van der Waals surface area (Å²) in [6, 6.07) is 5.75. The molecule has 1 atom stereocenters. The maximum absolute atomic E-state index is 12.9. The number of piperidine rings is 1. The summed E-state index contributed by atoms with van der Waals surface area (Å²) in [5, 5.41) is 0. The van der Waals surface area contributed by atoms with E-state index in [-0.39, 0.29) is 29.2 Å². The van der Waals surface area contributed by atoms with Gasteiger partial charge in [0, 0.05) is 38.7 Å². The number of Topliss-reactive ketones (excluding diaryl/α,β-unsaturated/α-hetero) is 1. The van der Waals surface area contributed by atoms with Gasteiger partial charge in [-0.3, -0.25) is 9.59 Å². The maximum Gasteiger partial charge on any atom is 0.251 e. The summed E-state index contributed by atoms with van der Waals surface area (Å²) in [6.45, 7) is 5.36. The monoisotopic (exact) mass is 376 g/mol. The average molecular weight is 376 g/mol. The molecular formula is C21H29FN2O3. The maximum atomic E-state index is 12.9. The molecule has 6 heteroatoms. The van der Waals surface area contributed by atoms with Crippen LogP contribution in [0.5, 0.6) is 0 Å². The Labute approximate surface area is 160 Å². The minimum atomic E-state index is -0.323. The number of halogens is 1. The van der Waals surface area contributed by atoms with Gasteiger partial charge in [0.25, 0.3) is 5.91 Å². The van der Waals surface area contributed by atoms with E-state index in [9.17, 15) is 14.0 Å². The van der Waals surface area contributed by atoms with Gasteiger partial charge in [0.05, 0.1) is 5.60 Å². The van der Waals surface area contributed by atoms with Crippen LogP contribution in [0.3, 0.4) is 0 Å². The van der Waals surface area contributed by atoms with Crippen molar-refractivity contribution in [3.05, 3.63) is 35.6 Å². The van der Waals surface area contributed by atoms with E-state index in [0.717, 1.165) is 38.9 Å². The third-order valence-corrected chi connectivity index (χ3v) is 5.75. The highest BCUT2D eigenvalue weighted by molar-refractivity contribution is 5.95. The van der Waals surface area contributed by atoms with E-state index >= 15 is 0 Å². The smallest absolute Gasteiger partial charge is 0.251 e. The molecule has 2 heterocycles. The quantitative estimate of drug-likeness (QED) is 0.717. The number of carbonyl (C=O) groups excluding carboxylic acids is 2. The first-order valence-corrected chi connectivity index (χ1v) is 9.86. The van der Waals surface area contributed by atoms with Gasteiger partial charge >= 0.3 is 0 Å². The highest BCUT2D eigenvalue weighted by Crippen LogP contribution is 2.33. The van der Waals surface area contributed by atoms with Crippen LogP contribution >= 0.6 is 0 Å². The Morgan fingerprint density at radius 1 is 1.26 bits per heavy atom. The van der Waals surface area contributed by atoms with Gasteiger partial charge in [0.1, 0.15) is 11.9 Å². The highest BCUT2D eigenvalue weighted by Gasteiger charge is 2.44. The van der Waals surface area contributed by atoms with Crippen molar-refractivity contribution in [3.8, 4) is 0 Å². The molecule has 1 spiro atoms. The van der Waals surface area contributed by atoms with E-state index in [1.165, 1.54) is 12.1 Å². The van der Waals surface area contributed by atoms with Gasteiger partial charge in [0.2, 0.25) is 0 Å². The fourth-order valence-corrected chi connectivity index (χ4v) is 4.11. The highest BCUT2D eigenvalue weighted by atomic mass is 19.1. The van der Waals surface area contributed by atoms with Crippen molar-refractivity contribution in [2.24, 2.45) is 0 Å². The number of hydrogen-bond donors (Lipinski definition) is 0. The Morgan fingerprint density at radius 3 is 2.56 bits per heavy atom. The number of likely N-dealkylation sites (tertiary alicyclic amines) is 1. The zero-order valence-electron chi connectivity index (χ0n) is 16.2. The summed E-state index contributed by atoms with van der Waals surface area (Å²) < 4.78 is 19.1. The Bertz CT molecular complexity index is 669. The molecule has 2 saturated heterocycles. The molecule has 148 valence electrons. The first-order chi connectivity index (χ1) is 12.9. The van der Waals surface area contributed by atoms with E-state index in [1.54, 1.807) is 12.1 Å². The van der Waals surface area contributed by atoms with Crippen molar-refractivity contribution in [3.63, 3.8) is 0 Å². The third kappa shape index (κ3) is 4.74. The van der Waals surface area contributed by atoms with Crippen LogP contribution in [0, 0.1) is 5.82 Å². The minimum absolute atomic E-state index is 0.0602. The van der Waals surface area contributed by atoms with Crippen LogP contribution in [0.1, 0.15) is 49.4 Å². The standard InChI is InChI=1S/C21H29FN2O3/c1-3-19-20(26)23(2)15-21(27-19)10-13-24(14-11-21)12-4-5-18(25)16-6-8-17(22)9-7-16/h6-9,19H,3-5,10-15H2,1-2H3. The fourth-order valence-electron chi connectivity index (χ4n) is 4.11. The van der Waals surface area contributed by atoms with E-state index in [1.807, 2.05) is 18.9 Å². The van der Waals surface area contributed by atoms with Crippen LogP contribution in [-0.4, -0.2) is 66.4 Å². The summed E-state index contributed by atoms with van der Waals surface area (Å²) in [5.74, 6) is -0.175. The van der Waals surface area contributed by atoms with Gasteiger partial charge in [-0.25, -0.2) is 4.39 Å². The lowest BCUT2D eigenvalue weighted by molar-refractivity contribution is -0.190. The van der Waals surface area contributed by atoms with Gasteiger partial charge in [-0.2, -0.15) is 0 Å². The molecule has 2 fully saturated rings. The lowest BCUT2D eigenvalue weighted by Crippen LogP contribution is -2.60. The Hall–Kier alpha value is -1.79. The molecule has 5 nitrogen and oxygen atoms in total. The molecule has 2 aliphatic rings. The molecule has 0 N–H and O–H groups in total. The van der Waals surface area contributed by atoms with Crippen LogP contribution < -0.4 is 0 Å². The first kappa shape index (κ1) is 20.0. The number of carbonyl (C=O) groups is 2. The number of ketones is 1. The minimum Gasteiger partial charge on any atom is -0.360 e. The molecule has 0 saturated carbocycles. The normalized spacial score (nSPS) is 23.0. The van der Waals surface area contributed by atoms with Crippen molar-refractivity contribution in [2.75, 3.05) is 33.2 Å². The summed E-state index contributed by atoms with van der Waals surface area (Å²) in [7, 11) is 1.86. The van der Waals surface area contributed by atoms with E-state index in [4.69, 9.17) is 4.74 Å². The first-order valence-electron chi connectivity index (χ1n) is 9.86. The van der Waals surface area contributed by atoms with Crippen molar-refractivity contribution in [2.45, 2.75) is 50.7 Å². The fraction of sp³-hybridized carbons (Fsp3) is 0.619. The lowest BCUT2D eigenvalue weighted by atomic mass is 9.88. The van der Waals surface area contributed by atoms with E-state index in [0.29, 0.717) is 24.9 Å². The number of ether oxygens (including phenoxy) is 1. The SMILES string of the molecule is CCC1OC2(CCN(CCCC(=O)c3ccc(F)cc3)CC2)CN(C)C1=O. The Morgan fingerprint density at radius 2 is 1.93 bits per heavy atom. The molecule has 0 radical (unpaired) electrons. The molecule has 27 heavy (non-hydrogen) atoms. The van der Waals surface area contributed by atoms with Crippen molar-refractivity contribution in [1.29, 1.82) is 0 Å². The summed E-state index contributed by atoms with van der Waals surface area (Å²) >= 11 is 0. The second kappa shape index (κ2) is 8.48. The second-order valence-corrected chi connectivity index (χ2v) is 7.77. The molecule has 2 aliphatic heterocycles. The molecule has 3 rings (SSSR count). The number of nitrogens with zero attached hydrogens (tertiary/aromatic N) is 2. The van der Waals surface area contributed by atoms with Gasteiger partial charge in [-0.1, -0.05) is 6.92 Å². The lowest BCUT2D eigenvalue weighted by Gasteiger charge is -2.48. The average Bonchev–Trinajstić information content (AvgIpc) is 2.67. The third-order valence-electron chi connectivity index (χ3n) is 5.75. The topological polar surface area (TPSA) is 49.9 Å². The number of likely N-dealkylation sites (N-methyl/N-ethyl adjacent to an activating group) is 1. The van der Waals surface area contributed by atoms with Crippen LogP contribution in [0.2, 0.25) is 0 Å². The van der Waals surface area contributed by atoms with Gasteiger partial charge in [-0.05, 0) is 56.5 Å². The largest absolute Gasteiger partial charge is 0.360 e. The Kier molecular flexibility index (Phi) is 6.27. The zero-order valence-corrected chi connectivity index (χ0v) is 16.2. The van der Waals surface area contributed by atoms with Crippen molar-refractivity contribution in [1.82, 2.24) is 9.80 Å². The summed E-state index contributed by atoms with van der Waals surface area (Å²) in [6.07, 6.45) is 3.47. The molecule has 1 aromatic rings. The number of amides is 1. The summed E-state index contributed by atoms with van der Waals surface area (Å²) in [5.41, 5.74) is 0.354. The number of hydrogen-bond acceptors (Lipinski definition) is 4. The molecule has 1 aromatic carbocycles. The van der Waals surface area contributed by atoms with Crippen LogP contribution in [0.4, 0.5) is 4.39 Å². The predicted octanol–water partition coefficient (Wildman–Crippen LogP) is 2.89. The van der Waals surface area contributed by atoms with Crippen LogP contribution in [0.25, 0.3) is 0 Å². The predicted molar refractivity (Wildman–Crippen MR) is 101 cm³/mol. The van der Waals surface area contributed by atoms with Crippen molar-refractivity contribution >= 4 is 11.7 Å². The van der Waals surface area contributed by atoms with Gasteiger partial charge in [0.15, 0.2) is 5.78 Å².